The average Bonchev–Trinajstić information content (AvgIpc) is 2.01. The highest BCUT2D eigenvalue weighted by Gasteiger charge is 1.92. The van der Waals surface area contributed by atoms with Crippen LogP contribution in [0.15, 0.2) is 12.2 Å². The molecular weight excluding hydrogens is 148 g/mol. The predicted molar refractivity (Wildman–Crippen MR) is 38.7 cm³/mol. The molecule has 6 nitrogen and oxygen atoms in total. The Morgan fingerprint density at radius 2 is 1.82 bits per heavy atom. The highest BCUT2D eigenvalue weighted by Crippen LogP contribution is 1.70. The minimum atomic E-state index is -0.531. The minimum Gasteiger partial charge on any atom is -0.291 e. The Labute approximate surface area is 63.8 Å². The molecule has 0 fully saturated rings. The molecule has 2 amide bonds. The summed E-state index contributed by atoms with van der Waals surface area (Å²) in [4.78, 5) is 21.0. The lowest BCUT2D eigenvalue weighted by Gasteiger charge is -1.95. The maximum atomic E-state index is 10.6. The van der Waals surface area contributed by atoms with Gasteiger partial charge in [-0.25, -0.2) is 11.3 Å². The van der Waals surface area contributed by atoms with Gasteiger partial charge >= 0.3 is 0 Å². The molecule has 5 N–H and O–H groups in total. The van der Waals surface area contributed by atoms with E-state index in [0.29, 0.717) is 0 Å². The number of carbonyl (C=O) groups excluding carboxylic acids is 2. The number of carbonyl (C=O) groups is 2. The molecule has 0 bridgehead atoms. The van der Waals surface area contributed by atoms with Crippen LogP contribution in [-0.4, -0.2) is 18.9 Å². The van der Waals surface area contributed by atoms with Gasteiger partial charge in [0.1, 0.15) is 0 Å². The van der Waals surface area contributed by atoms with Gasteiger partial charge in [0.05, 0.1) is 0 Å². The van der Waals surface area contributed by atoms with Crippen molar-refractivity contribution in [1.29, 1.82) is 0 Å². The number of hydrogen-bond acceptors (Lipinski definition) is 4. The van der Waals surface area contributed by atoms with Gasteiger partial charge in [0.25, 0.3) is 11.8 Å². The molecule has 0 aromatic carbocycles. The highest BCUT2D eigenvalue weighted by atomic mass is 16.2. The Hall–Kier alpha value is -1.40. The molecule has 0 aromatic heterocycles. The number of amides is 2. The largest absolute Gasteiger partial charge is 0.291 e. The molecule has 0 spiro atoms. The van der Waals surface area contributed by atoms with Gasteiger partial charge in [0.15, 0.2) is 0 Å². The lowest BCUT2D eigenvalue weighted by atomic mass is 10.4. The third-order valence-corrected chi connectivity index (χ3v) is 0.777. The van der Waals surface area contributed by atoms with Gasteiger partial charge in [-0.3, -0.25) is 20.4 Å². The SMILES string of the molecule is CNNC(=O)/C=C\C(=O)NN. The van der Waals surface area contributed by atoms with Gasteiger partial charge < -0.3 is 0 Å². The van der Waals surface area contributed by atoms with E-state index in [0.717, 1.165) is 12.2 Å². The molecule has 0 aliphatic heterocycles. The number of nitrogens with one attached hydrogen (secondary N) is 3. The van der Waals surface area contributed by atoms with Crippen LogP contribution in [0.1, 0.15) is 0 Å². The van der Waals surface area contributed by atoms with E-state index in [9.17, 15) is 9.59 Å². The van der Waals surface area contributed by atoms with Crippen LogP contribution >= 0.6 is 0 Å². The summed E-state index contributed by atoms with van der Waals surface area (Å²) in [6.07, 6.45) is 2.07. The van der Waals surface area contributed by atoms with Crippen LogP contribution in [0, 0.1) is 0 Å². The predicted octanol–water partition coefficient (Wildman–Crippen LogP) is -2.22. The molecule has 0 aliphatic rings. The second kappa shape index (κ2) is 5.39. The van der Waals surface area contributed by atoms with Crippen LogP contribution in [0.2, 0.25) is 0 Å². The van der Waals surface area contributed by atoms with Gasteiger partial charge in [-0.15, -0.1) is 0 Å². The molecule has 0 rings (SSSR count). The van der Waals surface area contributed by atoms with Crippen molar-refractivity contribution in [1.82, 2.24) is 16.3 Å². The van der Waals surface area contributed by atoms with Crippen molar-refractivity contribution in [2.24, 2.45) is 5.84 Å². The van der Waals surface area contributed by atoms with E-state index in [-0.39, 0.29) is 0 Å². The highest BCUT2D eigenvalue weighted by molar-refractivity contribution is 5.96. The Bertz CT molecular complexity index is 177. The molecule has 62 valence electrons. The standard InChI is InChI=1S/C5H10N4O2/c1-7-9-5(11)3-2-4(10)8-6/h2-3,7H,6H2,1H3,(H,8,10)(H,9,11)/b3-2-. The summed E-state index contributed by atoms with van der Waals surface area (Å²) in [5, 5.41) is 0. The summed E-state index contributed by atoms with van der Waals surface area (Å²) >= 11 is 0. The topological polar surface area (TPSA) is 96.2 Å². The molecule has 0 unspecified atom stereocenters. The summed E-state index contributed by atoms with van der Waals surface area (Å²) in [5.74, 6) is 3.78. The normalized spacial score (nSPS) is 9.64. The van der Waals surface area contributed by atoms with Gasteiger partial charge in [0, 0.05) is 19.2 Å². The molecule has 0 aromatic rings. The zero-order valence-corrected chi connectivity index (χ0v) is 6.05. The molecule has 6 heteroatoms. The summed E-state index contributed by atoms with van der Waals surface area (Å²) in [6, 6.07) is 0. The molecule has 0 aliphatic carbocycles. The third kappa shape index (κ3) is 5.07. The van der Waals surface area contributed by atoms with Crippen LogP contribution in [0.25, 0.3) is 0 Å². The number of hydrazine groups is 2. The fourth-order valence-corrected chi connectivity index (χ4v) is 0.364. The van der Waals surface area contributed by atoms with Gasteiger partial charge in [-0.05, 0) is 0 Å². The van der Waals surface area contributed by atoms with Crippen molar-refractivity contribution < 1.29 is 9.59 Å². The minimum absolute atomic E-state index is 0.420. The molecule has 0 saturated carbocycles. The lowest BCUT2D eigenvalue weighted by molar-refractivity contribution is -0.119. The second-order valence-electron chi connectivity index (χ2n) is 1.58. The summed E-state index contributed by atoms with van der Waals surface area (Å²) in [5.41, 5.74) is 6.46. The van der Waals surface area contributed by atoms with Crippen molar-refractivity contribution in [2.75, 3.05) is 7.05 Å². The quantitative estimate of drug-likeness (QED) is 0.162. The van der Waals surface area contributed by atoms with Crippen molar-refractivity contribution in [3.8, 4) is 0 Å². The number of hydrogen-bond donors (Lipinski definition) is 4. The first-order valence-corrected chi connectivity index (χ1v) is 2.86. The van der Waals surface area contributed by atoms with E-state index in [1.165, 1.54) is 7.05 Å². The molecule has 11 heavy (non-hydrogen) atoms. The third-order valence-electron chi connectivity index (χ3n) is 0.777. The Morgan fingerprint density at radius 1 is 1.27 bits per heavy atom. The first-order valence-electron chi connectivity index (χ1n) is 2.86. The fraction of sp³-hybridized carbons (Fsp3) is 0.200. The zero-order chi connectivity index (χ0) is 8.69. The van der Waals surface area contributed by atoms with Crippen LogP contribution in [-0.2, 0) is 9.59 Å². The first kappa shape index (κ1) is 9.60. The summed E-state index contributed by atoms with van der Waals surface area (Å²) in [6.45, 7) is 0. The molecular formula is C5H10N4O2. The zero-order valence-electron chi connectivity index (χ0n) is 6.05. The van der Waals surface area contributed by atoms with E-state index >= 15 is 0 Å². The average molecular weight is 158 g/mol. The van der Waals surface area contributed by atoms with E-state index in [4.69, 9.17) is 5.84 Å². The number of nitrogens with two attached hydrogens (primary N) is 1. The van der Waals surface area contributed by atoms with Gasteiger partial charge in [0.2, 0.25) is 0 Å². The second-order valence-corrected chi connectivity index (χ2v) is 1.58. The van der Waals surface area contributed by atoms with E-state index in [1.807, 2.05) is 5.43 Å². The first-order chi connectivity index (χ1) is 5.20. The van der Waals surface area contributed by atoms with Crippen LogP contribution < -0.4 is 22.1 Å². The van der Waals surface area contributed by atoms with E-state index in [1.54, 1.807) is 0 Å². The smallest absolute Gasteiger partial charge is 0.258 e. The maximum absolute atomic E-state index is 10.6. The molecule has 0 atom stereocenters. The summed E-state index contributed by atoms with van der Waals surface area (Å²) < 4.78 is 0. The molecule has 0 saturated heterocycles. The molecule has 0 radical (unpaired) electrons. The van der Waals surface area contributed by atoms with Crippen molar-refractivity contribution in [3.05, 3.63) is 12.2 Å². The summed E-state index contributed by atoms with van der Waals surface area (Å²) in [7, 11) is 1.54. The fourth-order valence-electron chi connectivity index (χ4n) is 0.364. The van der Waals surface area contributed by atoms with Crippen molar-refractivity contribution in [3.63, 3.8) is 0 Å². The van der Waals surface area contributed by atoms with E-state index in [2.05, 4.69) is 10.9 Å². The van der Waals surface area contributed by atoms with E-state index < -0.39 is 11.8 Å². The maximum Gasteiger partial charge on any atom is 0.258 e. The van der Waals surface area contributed by atoms with Gasteiger partial charge in [-0.2, -0.15) is 0 Å². The monoisotopic (exact) mass is 158 g/mol. The Balaban J connectivity index is 3.73. The van der Waals surface area contributed by atoms with Crippen LogP contribution in [0.5, 0.6) is 0 Å². The van der Waals surface area contributed by atoms with Crippen LogP contribution in [0.3, 0.4) is 0 Å². The lowest BCUT2D eigenvalue weighted by Crippen LogP contribution is -2.33. The van der Waals surface area contributed by atoms with Crippen LogP contribution in [0.4, 0.5) is 0 Å². The Morgan fingerprint density at radius 3 is 2.27 bits per heavy atom. The van der Waals surface area contributed by atoms with Gasteiger partial charge in [-0.1, -0.05) is 0 Å². The number of rotatable bonds is 3. The Kier molecular flexibility index (Phi) is 4.70. The van der Waals surface area contributed by atoms with Crippen molar-refractivity contribution in [2.45, 2.75) is 0 Å². The molecule has 0 heterocycles. The van der Waals surface area contributed by atoms with Crippen molar-refractivity contribution >= 4 is 11.8 Å².